The summed E-state index contributed by atoms with van der Waals surface area (Å²) in [5.74, 6) is 5.90. The fourth-order valence-electron chi connectivity index (χ4n) is 4.00. The zero-order valence-electron chi connectivity index (χ0n) is 18.8. The van der Waals surface area contributed by atoms with Crippen molar-refractivity contribution in [1.29, 1.82) is 0 Å². The molecule has 1 fully saturated rings. The Morgan fingerprint density at radius 2 is 1.97 bits per heavy atom. The highest BCUT2D eigenvalue weighted by Gasteiger charge is 2.26. The summed E-state index contributed by atoms with van der Waals surface area (Å²) in [7, 11) is 3.03. The molecule has 0 radical (unpaired) electrons. The molecule has 0 aliphatic carbocycles. The number of piperidine rings is 1. The Labute approximate surface area is 185 Å². The molecule has 1 aliphatic heterocycles. The number of ether oxygens (including phenoxy) is 2. The molecule has 5 heteroatoms. The van der Waals surface area contributed by atoms with Crippen molar-refractivity contribution in [1.82, 2.24) is 10.6 Å². The average Bonchev–Trinajstić information content (AvgIpc) is 2.81. The van der Waals surface area contributed by atoms with Crippen LogP contribution in [0.3, 0.4) is 0 Å². The molecule has 0 unspecified atom stereocenters. The zero-order chi connectivity index (χ0) is 22.3. The highest BCUT2D eigenvalue weighted by molar-refractivity contribution is 5.88. The molecule has 0 spiro atoms. The summed E-state index contributed by atoms with van der Waals surface area (Å²) in [5, 5.41) is 7.41. The van der Waals surface area contributed by atoms with Crippen molar-refractivity contribution >= 4 is 5.97 Å². The second-order valence-corrected chi connectivity index (χ2v) is 8.37. The molecular formula is C26H32N2O3. The van der Waals surface area contributed by atoms with Gasteiger partial charge in [-0.05, 0) is 56.5 Å². The largest absolute Gasteiger partial charge is 0.496 e. The van der Waals surface area contributed by atoms with Crippen molar-refractivity contribution in [2.24, 2.45) is 0 Å². The summed E-state index contributed by atoms with van der Waals surface area (Å²) in [6.07, 6.45) is 2.26. The van der Waals surface area contributed by atoms with Gasteiger partial charge in [-0.1, -0.05) is 42.3 Å². The summed E-state index contributed by atoms with van der Waals surface area (Å²) >= 11 is 0. The molecular weight excluding hydrogens is 388 g/mol. The molecule has 2 aromatic rings. The molecule has 5 nitrogen and oxygen atoms in total. The van der Waals surface area contributed by atoms with Gasteiger partial charge in [-0.25, -0.2) is 4.79 Å². The van der Waals surface area contributed by atoms with Crippen LogP contribution < -0.4 is 15.4 Å². The number of hydrogen-bond donors (Lipinski definition) is 2. The minimum atomic E-state index is -0.528. The van der Waals surface area contributed by atoms with Crippen LogP contribution in [0.25, 0.3) is 0 Å². The molecule has 1 aliphatic rings. The van der Waals surface area contributed by atoms with E-state index >= 15 is 0 Å². The van der Waals surface area contributed by atoms with Gasteiger partial charge in [-0.2, -0.15) is 0 Å². The zero-order valence-corrected chi connectivity index (χ0v) is 18.8. The van der Waals surface area contributed by atoms with E-state index in [1.54, 1.807) is 7.11 Å². The number of methoxy groups -OCH3 is 2. The lowest BCUT2D eigenvalue weighted by atomic mass is 9.84. The Kier molecular flexibility index (Phi) is 7.73. The summed E-state index contributed by atoms with van der Waals surface area (Å²) in [6.45, 7) is 5.72. The van der Waals surface area contributed by atoms with E-state index in [2.05, 4.69) is 63.6 Å². The first-order valence-electron chi connectivity index (χ1n) is 10.7. The summed E-state index contributed by atoms with van der Waals surface area (Å²) in [6, 6.07) is 17.3. The number of rotatable bonds is 6. The van der Waals surface area contributed by atoms with Crippen LogP contribution in [0.1, 0.15) is 49.4 Å². The maximum atomic E-state index is 11.5. The van der Waals surface area contributed by atoms with Gasteiger partial charge < -0.3 is 20.1 Å². The number of nitrogens with one attached hydrogen (secondary N) is 2. The standard InChI is InChI=1S/C26H32N2O3/c1-26(2,15-14-24(29)31-4)21-12-13-23(30-3)20(17-21)18-28-22-11-8-16-27-25(22)19-9-6-5-7-10-19/h5-7,9-10,12-13,17,22,25,27-28H,8,11,16,18H2,1-4H3/t22-,25-/m0/s1. The maximum absolute atomic E-state index is 11.5. The predicted molar refractivity (Wildman–Crippen MR) is 123 cm³/mol. The minimum Gasteiger partial charge on any atom is -0.496 e. The van der Waals surface area contributed by atoms with Gasteiger partial charge in [-0.3, -0.25) is 0 Å². The molecule has 3 rings (SSSR count). The molecule has 2 N–H and O–H groups in total. The second-order valence-electron chi connectivity index (χ2n) is 8.37. The number of esters is 1. The van der Waals surface area contributed by atoms with Crippen LogP contribution in [-0.2, 0) is 21.5 Å². The van der Waals surface area contributed by atoms with Gasteiger partial charge in [0.25, 0.3) is 0 Å². The smallest absolute Gasteiger partial charge is 0.384 e. The molecule has 164 valence electrons. The van der Waals surface area contributed by atoms with Crippen molar-refractivity contribution in [2.45, 2.75) is 50.7 Å². The van der Waals surface area contributed by atoms with E-state index in [0.29, 0.717) is 12.6 Å². The Hall–Kier alpha value is -2.81. The molecule has 0 amide bonds. The Balaban J connectivity index is 1.79. The normalized spacial score (nSPS) is 18.6. The fourth-order valence-corrected chi connectivity index (χ4v) is 4.00. The lowest BCUT2D eigenvalue weighted by Crippen LogP contribution is -2.45. The Bertz CT molecular complexity index is 944. The molecule has 0 bridgehead atoms. The van der Waals surface area contributed by atoms with Crippen LogP contribution in [0.2, 0.25) is 0 Å². The number of hydrogen-bond acceptors (Lipinski definition) is 5. The third-order valence-electron chi connectivity index (χ3n) is 5.84. The molecule has 31 heavy (non-hydrogen) atoms. The lowest BCUT2D eigenvalue weighted by Gasteiger charge is -2.34. The molecule has 2 atom stereocenters. The molecule has 0 aromatic heterocycles. The first-order chi connectivity index (χ1) is 14.9. The van der Waals surface area contributed by atoms with Gasteiger partial charge in [0, 0.05) is 30.1 Å². The number of carbonyl (C=O) groups is 1. The van der Waals surface area contributed by atoms with Crippen molar-refractivity contribution in [2.75, 3.05) is 20.8 Å². The second kappa shape index (κ2) is 10.5. The highest BCUT2D eigenvalue weighted by Crippen LogP contribution is 2.29. The number of carbonyl (C=O) groups excluding carboxylic acids is 1. The van der Waals surface area contributed by atoms with Crippen molar-refractivity contribution in [3.05, 3.63) is 65.2 Å². The summed E-state index contributed by atoms with van der Waals surface area (Å²) in [5.41, 5.74) is 2.92. The molecule has 1 heterocycles. The monoisotopic (exact) mass is 420 g/mol. The maximum Gasteiger partial charge on any atom is 0.384 e. The topological polar surface area (TPSA) is 59.6 Å². The average molecular weight is 421 g/mol. The van der Waals surface area contributed by atoms with Gasteiger partial charge in [0.05, 0.1) is 19.6 Å². The summed E-state index contributed by atoms with van der Waals surface area (Å²) in [4.78, 5) is 11.5. The SMILES string of the molecule is COC(=O)C#CC(C)(C)c1ccc(OC)c(CN[C@H]2CCCN[C@H]2c2ccccc2)c1. The van der Waals surface area contributed by atoms with E-state index in [1.807, 2.05) is 26.0 Å². The predicted octanol–water partition coefficient (Wildman–Crippen LogP) is 3.73. The van der Waals surface area contributed by atoms with Gasteiger partial charge in [0.1, 0.15) is 5.75 Å². The minimum absolute atomic E-state index is 0.284. The van der Waals surface area contributed by atoms with Gasteiger partial charge in [-0.15, -0.1) is 0 Å². The van der Waals surface area contributed by atoms with Gasteiger partial charge in [0.15, 0.2) is 0 Å². The highest BCUT2D eigenvalue weighted by atomic mass is 16.5. The van der Waals surface area contributed by atoms with Crippen LogP contribution in [0.4, 0.5) is 0 Å². The molecule has 0 saturated carbocycles. The third kappa shape index (κ3) is 5.88. The first-order valence-corrected chi connectivity index (χ1v) is 10.7. The quantitative estimate of drug-likeness (QED) is 0.424. The van der Waals surface area contributed by atoms with Crippen LogP contribution in [0.5, 0.6) is 5.75 Å². The van der Waals surface area contributed by atoms with E-state index in [4.69, 9.17) is 4.74 Å². The lowest BCUT2D eigenvalue weighted by molar-refractivity contribution is -0.133. The van der Waals surface area contributed by atoms with Crippen LogP contribution in [0.15, 0.2) is 48.5 Å². The van der Waals surface area contributed by atoms with Crippen LogP contribution in [0, 0.1) is 11.8 Å². The van der Waals surface area contributed by atoms with Crippen molar-refractivity contribution in [3.63, 3.8) is 0 Å². The first kappa shape index (κ1) is 22.9. The van der Waals surface area contributed by atoms with Gasteiger partial charge >= 0.3 is 5.97 Å². The van der Waals surface area contributed by atoms with E-state index in [1.165, 1.54) is 12.7 Å². The van der Waals surface area contributed by atoms with E-state index in [9.17, 15) is 4.79 Å². The number of benzene rings is 2. The van der Waals surface area contributed by atoms with Crippen LogP contribution in [-0.4, -0.2) is 32.8 Å². The van der Waals surface area contributed by atoms with Crippen LogP contribution >= 0.6 is 0 Å². The third-order valence-corrected chi connectivity index (χ3v) is 5.84. The van der Waals surface area contributed by atoms with E-state index < -0.39 is 11.4 Å². The molecule has 2 aromatic carbocycles. The van der Waals surface area contributed by atoms with Gasteiger partial charge in [0.2, 0.25) is 0 Å². The van der Waals surface area contributed by atoms with E-state index in [0.717, 1.165) is 36.3 Å². The fraction of sp³-hybridized carbons (Fsp3) is 0.423. The Morgan fingerprint density at radius 1 is 1.19 bits per heavy atom. The Morgan fingerprint density at radius 3 is 2.68 bits per heavy atom. The van der Waals surface area contributed by atoms with Crippen molar-refractivity contribution in [3.8, 4) is 17.6 Å². The van der Waals surface area contributed by atoms with Crippen molar-refractivity contribution < 1.29 is 14.3 Å². The summed E-state index contributed by atoms with van der Waals surface area (Å²) < 4.78 is 10.3. The van der Waals surface area contributed by atoms with E-state index in [-0.39, 0.29) is 6.04 Å². The molecule has 1 saturated heterocycles.